The van der Waals surface area contributed by atoms with E-state index in [0.717, 1.165) is 10.3 Å². The lowest BCUT2D eigenvalue weighted by atomic mass is 10.1. The molecular formula is C39H43N7O11. The summed E-state index contributed by atoms with van der Waals surface area (Å²) in [5.41, 5.74) is 2.45. The number of carboxylic acids is 4. The summed E-state index contributed by atoms with van der Waals surface area (Å²) in [4.78, 5) is 83.9. The molecule has 6 N–H and O–H groups in total. The number of amides is 2. The number of anilines is 2. The third-order valence-electron chi connectivity index (χ3n) is 7.96. The highest BCUT2D eigenvalue weighted by Crippen LogP contribution is 2.30. The van der Waals surface area contributed by atoms with Crippen LogP contribution in [-0.2, 0) is 28.7 Å². The number of carbonyl (C=O) groups is 6. The molecule has 57 heavy (non-hydrogen) atoms. The minimum Gasteiger partial charge on any atom is -0.480 e. The second kappa shape index (κ2) is 19.8. The molecule has 0 aliphatic carbocycles. The highest BCUT2D eigenvalue weighted by molar-refractivity contribution is 6.11. The molecule has 0 bridgehead atoms. The van der Waals surface area contributed by atoms with Gasteiger partial charge in [0.05, 0.1) is 43.9 Å². The molecule has 0 atom stereocenters. The summed E-state index contributed by atoms with van der Waals surface area (Å²) in [6.07, 6.45) is 1.04. The second-order valence-corrected chi connectivity index (χ2v) is 13.9. The van der Waals surface area contributed by atoms with E-state index in [0.29, 0.717) is 39.1 Å². The van der Waals surface area contributed by atoms with Crippen LogP contribution in [0.5, 0.6) is 0 Å². The van der Waals surface area contributed by atoms with Crippen molar-refractivity contribution in [3.63, 3.8) is 0 Å². The molecule has 2 aromatic heterocycles. The molecule has 0 unspecified atom stereocenters. The molecule has 4 aromatic rings. The summed E-state index contributed by atoms with van der Waals surface area (Å²) in [6, 6.07) is 15.6. The number of nitrogens with zero attached hydrogens (tertiary/aromatic N) is 5. The Kier molecular flexibility index (Phi) is 14.9. The van der Waals surface area contributed by atoms with Crippen LogP contribution in [0, 0.1) is 11.8 Å². The number of hydrogen-bond donors (Lipinski definition) is 6. The van der Waals surface area contributed by atoms with Crippen LogP contribution >= 0.6 is 0 Å². The Balaban J connectivity index is 1.41. The molecule has 0 saturated heterocycles. The van der Waals surface area contributed by atoms with E-state index < -0.39 is 67.7 Å². The number of benzene rings is 2. The molecule has 2 heterocycles. The van der Waals surface area contributed by atoms with Crippen molar-refractivity contribution in [2.24, 2.45) is 0 Å². The Labute approximate surface area is 327 Å². The summed E-state index contributed by atoms with van der Waals surface area (Å²) >= 11 is 0. The monoisotopic (exact) mass is 785 g/mol. The fourth-order valence-corrected chi connectivity index (χ4v) is 5.61. The lowest BCUT2D eigenvalue weighted by Crippen LogP contribution is -2.46. The maximum absolute atomic E-state index is 12.9. The molecule has 0 saturated carbocycles. The molecule has 2 amide bonds. The van der Waals surface area contributed by atoms with Crippen LogP contribution < -0.4 is 10.6 Å². The van der Waals surface area contributed by atoms with E-state index >= 15 is 0 Å². The number of aliphatic carboxylic acids is 4. The van der Waals surface area contributed by atoms with Crippen LogP contribution in [-0.4, -0.2) is 145 Å². The van der Waals surface area contributed by atoms with E-state index in [9.17, 15) is 39.0 Å². The van der Waals surface area contributed by atoms with Crippen molar-refractivity contribution >= 4 is 69.1 Å². The number of hydrogen-bond acceptors (Lipinski definition) is 12. The van der Waals surface area contributed by atoms with Gasteiger partial charge in [-0.3, -0.25) is 49.0 Å². The minimum atomic E-state index is -1.25. The van der Waals surface area contributed by atoms with E-state index in [2.05, 4.69) is 27.5 Å². The summed E-state index contributed by atoms with van der Waals surface area (Å²) in [5.74, 6) is 0.629. The van der Waals surface area contributed by atoms with Crippen LogP contribution in [0.25, 0.3) is 21.8 Å². The maximum Gasteiger partial charge on any atom is 0.412 e. The van der Waals surface area contributed by atoms with Gasteiger partial charge in [0.15, 0.2) is 0 Å². The van der Waals surface area contributed by atoms with E-state index in [4.69, 9.17) is 19.9 Å². The third-order valence-corrected chi connectivity index (χ3v) is 7.96. The lowest BCUT2D eigenvalue weighted by molar-refractivity contribution is -0.143. The Bertz CT molecular complexity index is 2180. The Morgan fingerprint density at radius 3 is 1.82 bits per heavy atom. The molecule has 0 aliphatic rings. The van der Waals surface area contributed by atoms with Gasteiger partial charge >= 0.3 is 30.0 Å². The predicted octanol–water partition coefficient (Wildman–Crippen LogP) is 2.71. The van der Waals surface area contributed by atoms with Gasteiger partial charge in [-0.25, -0.2) is 9.78 Å². The number of nitrogens with one attached hydrogen (secondary N) is 2. The Morgan fingerprint density at radius 1 is 0.684 bits per heavy atom. The molecule has 4 rings (SSSR count). The average Bonchev–Trinajstić information content (AvgIpc) is 3.10. The quantitative estimate of drug-likeness (QED) is 0.0627. The van der Waals surface area contributed by atoms with Gasteiger partial charge in [0.2, 0.25) is 5.91 Å². The van der Waals surface area contributed by atoms with Crippen molar-refractivity contribution in [2.45, 2.75) is 26.4 Å². The Hall–Kier alpha value is -6.68. The van der Waals surface area contributed by atoms with E-state index in [1.807, 2.05) is 6.07 Å². The average molecular weight is 786 g/mol. The molecule has 0 fully saturated rings. The fourth-order valence-electron chi connectivity index (χ4n) is 5.61. The van der Waals surface area contributed by atoms with E-state index in [-0.39, 0.29) is 32.7 Å². The largest absolute Gasteiger partial charge is 0.480 e. The first kappa shape index (κ1) is 43.1. The smallest absolute Gasteiger partial charge is 0.412 e. The van der Waals surface area contributed by atoms with Crippen LogP contribution in [0.15, 0.2) is 60.8 Å². The predicted molar refractivity (Wildman–Crippen MR) is 208 cm³/mol. The van der Waals surface area contributed by atoms with Gasteiger partial charge in [0.25, 0.3) is 0 Å². The van der Waals surface area contributed by atoms with Gasteiger partial charge in [-0.05, 0) is 75.2 Å². The molecule has 0 spiro atoms. The SMILES string of the molecule is CC(C)(C)OC(=O)Nc1cc2cccnc2c2nc(C#Cc3ccc(NC(=O)CN(CCN(CCN(CC(=O)O)CC(=O)O)CC(=O)O)CC(=O)O)cc3)ccc12. The fraction of sp³-hybridized carbons (Fsp3) is 0.333. The summed E-state index contributed by atoms with van der Waals surface area (Å²) < 4.78 is 5.43. The topological polar surface area (TPSA) is 252 Å². The second-order valence-electron chi connectivity index (χ2n) is 13.9. The summed E-state index contributed by atoms with van der Waals surface area (Å²) in [6.45, 7) is 2.71. The standard InChI is InChI=1S/C39H43N7O11/c1-39(2,3)57-38(56)43-30-19-26-5-4-14-40-36(26)37-29(30)13-12-28(42-37)11-8-25-6-9-27(10-7-25)41-31(47)20-45(22-33(50)51)17-15-44(21-32(48)49)16-18-46(23-34(52)53)24-35(54)55/h4-7,9-10,12-14,19H,15-18,20-24H2,1-3H3,(H,41,47)(H,43,56)(H,48,49)(H,50,51)(H,52,53)(H,54,55). The molecule has 18 heteroatoms. The zero-order chi connectivity index (χ0) is 41.7. The number of ether oxygens (including phenoxy) is 1. The van der Waals surface area contributed by atoms with E-state index in [1.54, 1.807) is 75.5 Å². The van der Waals surface area contributed by atoms with Crippen molar-refractivity contribution in [2.75, 3.05) is 69.5 Å². The molecule has 0 aliphatic heterocycles. The van der Waals surface area contributed by atoms with Gasteiger partial charge in [0.1, 0.15) is 16.8 Å². The zero-order valence-corrected chi connectivity index (χ0v) is 31.5. The van der Waals surface area contributed by atoms with Crippen molar-refractivity contribution in [3.05, 3.63) is 72.1 Å². The zero-order valence-electron chi connectivity index (χ0n) is 31.5. The molecule has 300 valence electrons. The van der Waals surface area contributed by atoms with Crippen molar-refractivity contribution in [1.29, 1.82) is 0 Å². The summed E-state index contributed by atoms with van der Waals surface area (Å²) in [7, 11) is 0. The number of fused-ring (bicyclic) bond motifs is 3. The van der Waals surface area contributed by atoms with E-state index in [1.165, 1.54) is 9.80 Å². The number of carboxylic acid groups (broad SMARTS) is 4. The highest BCUT2D eigenvalue weighted by atomic mass is 16.6. The number of rotatable bonds is 18. The van der Waals surface area contributed by atoms with Crippen LogP contribution in [0.2, 0.25) is 0 Å². The van der Waals surface area contributed by atoms with Gasteiger partial charge < -0.3 is 30.5 Å². The molecule has 0 radical (unpaired) electrons. The van der Waals surface area contributed by atoms with Gasteiger partial charge in [-0.15, -0.1) is 0 Å². The number of pyridine rings is 2. The normalized spacial score (nSPS) is 11.3. The number of carbonyl (C=O) groups excluding carboxylic acids is 2. The first-order chi connectivity index (χ1) is 26.9. The van der Waals surface area contributed by atoms with Gasteiger partial charge in [-0.1, -0.05) is 12.0 Å². The van der Waals surface area contributed by atoms with Crippen LogP contribution in [0.3, 0.4) is 0 Å². The van der Waals surface area contributed by atoms with Crippen molar-refractivity contribution in [3.8, 4) is 11.8 Å². The maximum atomic E-state index is 12.9. The number of aromatic nitrogens is 2. The highest BCUT2D eigenvalue weighted by Gasteiger charge is 2.21. The minimum absolute atomic E-state index is 0.00283. The van der Waals surface area contributed by atoms with Gasteiger partial charge in [0, 0.05) is 54.4 Å². The van der Waals surface area contributed by atoms with Crippen molar-refractivity contribution in [1.82, 2.24) is 24.7 Å². The first-order valence-electron chi connectivity index (χ1n) is 17.6. The van der Waals surface area contributed by atoms with Crippen LogP contribution in [0.1, 0.15) is 32.0 Å². The van der Waals surface area contributed by atoms with Gasteiger partial charge in [-0.2, -0.15) is 0 Å². The molecule has 2 aromatic carbocycles. The molecular weight excluding hydrogens is 742 g/mol. The summed E-state index contributed by atoms with van der Waals surface area (Å²) in [5, 5.41) is 43.9. The molecule has 18 nitrogen and oxygen atoms in total. The first-order valence-corrected chi connectivity index (χ1v) is 17.6. The lowest BCUT2D eigenvalue weighted by Gasteiger charge is -2.27. The van der Waals surface area contributed by atoms with Crippen molar-refractivity contribution < 1.29 is 53.9 Å². The Morgan fingerprint density at radius 2 is 1.25 bits per heavy atom. The third kappa shape index (κ3) is 14.5. The van der Waals surface area contributed by atoms with Crippen LogP contribution in [0.4, 0.5) is 16.2 Å².